The molecular formula is C31H37N5O4. The number of carbonyl (C=O) groups is 2. The van der Waals surface area contributed by atoms with Crippen LogP contribution in [0.1, 0.15) is 43.5 Å². The lowest BCUT2D eigenvalue weighted by Crippen LogP contribution is -2.50. The average molecular weight is 544 g/mol. The first-order chi connectivity index (χ1) is 19.1. The van der Waals surface area contributed by atoms with Gasteiger partial charge in [0, 0.05) is 17.6 Å². The Hall–Kier alpha value is -4.40. The molecule has 2 amide bonds. The summed E-state index contributed by atoms with van der Waals surface area (Å²) in [4.78, 5) is 29.8. The Labute approximate surface area is 235 Å². The summed E-state index contributed by atoms with van der Waals surface area (Å²) >= 11 is 0. The predicted molar refractivity (Wildman–Crippen MR) is 154 cm³/mol. The van der Waals surface area contributed by atoms with Crippen molar-refractivity contribution in [3.05, 3.63) is 83.4 Å². The van der Waals surface area contributed by atoms with Crippen LogP contribution in [0.2, 0.25) is 0 Å². The molecule has 4 aromatic rings. The zero-order valence-electron chi connectivity index (χ0n) is 24.0. The molecule has 9 heteroatoms. The van der Waals surface area contributed by atoms with Crippen LogP contribution in [0.4, 0.5) is 0 Å². The molecule has 1 heterocycles. The Kier molecular flexibility index (Phi) is 8.72. The summed E-state index contributed by atoms with van der Waals surface area (Å²) in [7, 11) is 3.07. The number of methoxy groups -OCH3 is 2. The van der Waals surface area contributed by atoms with Gasteiger partial charge in [-0.3, -0.25) is 9.59 Å². The highest BCUT2D eigenvalue weighted by molar-refractivity contribution is 5.90. The van der Waals surface area contributed by atoms with E-state index < -0.39 is 11.6 Å². The molecule has 9 nitrogen and oxygen atoms in total. The molecule has 1 aromatic heterocycles. The van der Waals surface area contributed by atoms with Crippen molar-refractivity contribution in [1.29, 1.82) is 0 Å². The first kappa shape index (κ1) is 28.6. The van der Waals surface area contributed by atoms with Gasteiger partial charge in [-0.2, -0.15) is 0 Å². The maximum atomic E-state index is 14.2. The molecule has 0 radical (unpaired) electrons. The average Bonchev–Trinajstić information content (AvgIpc) is 3.32. The number of nitrogens with one attached hydrogen (secondary N) is 1. The van der Waals surface area contributed by atoms with E-state index in [0.29, 0.717) is 29.0 Å². The summed E-state index contributed by atoms with van der Waals surface area (Å²) in [5, 5.41) is 11.5. The van der Waals surface area contributed by atoms with Gasteiger partial charge in [-0.25, -0.2) is 4.68 Å². The van der Waals surface area contributed by atoms with Crippen LogP contribution < -0.4 is 14.8 Å². The molecule has 40 heavy (non-hydrogen) atoms. The first-order valence-corrected chi connectivity index (χ1v) is 13.3. The van der Waals surface area contributed by atoms with Crippen LogP contribution in [0.25, 0.3) is 11.0 Å². The van der Waals surface area contributed by atoms with Gasteiger partial charge in [0.25, 0.3) is 0 Å². The minimum Gasteiger partial charge on any atom is -0.493 e. The maximum Gasteiger partial charge on any atom is 0.247 e. The van der Waals surface area contributed by atoms with Crippen LogP contribution in [0, 0.1) is 6.92 Å². The van der Waals surface area contributed by atoms with Crippen LogP contribution in [0.15, 0.2) is 66.7 Å². The van der Waals surface area contributed by atoms with Crippen molar-refractivity contribution < 1.29 is 19.1 Å². The molecule has 0 spiro atoms. The minimum absolute atomic E-state index is 0.0834. The number of para-hydroxylation sites is 2. The third-order valence-electron chi connectivity index (χ3n) is 6.54. The fourth-order valence-corrected chi connectivity index (χ4v) is 4.78. The molecule has 0 saturated carbocycles. The largest absolute Gasteiger partial charge is 0.493 e. The highest BCUT2D eigenvalue weighted by Crippen LogP contribution is 2.37. The fraction of sp³-hybridized carbons (Fsp3) is 0.355. The Balaban J connectivity index is 1.80. The quantitative estimate of drug-likeness (QED) is 0.317. The number of aryl methyl sites for hydroxylation is 1. The number of aromatic nitrogens is 3. The van der Waals surface area contributed by atoms with E-state index in [0.717, 1.165) is 16.6 Å². The zero-order valence-corrected chi connectivity index (χ0v) is 24.0. The molecule has 1 N–H and O–H groups in total. The third-order valence-corrected chi connectivity index (χ3v) is 6.54. The van der Waals surface area contributed by atoms with Crippen molar-refractivity contribution >= 4 is 22.8 Å². The minimum atomic E-state index is -0.989. The van der Waals surface area contributed by atoms with Gasteiger partial charge in [0.05, 0.1) is 19.7 Å². The number of ether oxygens (including phenoxy) is 2. The number of nitrogens with zero attached hydrogens (tertiary/aromatic N) is 4. The first-order valence-electron chi connectivity index (χ1n) is 13.3. The third kappa shape index (κ3) is 6.59. The van der Waals surface area contributed by atoms with Crippen LogP contribution in [-0.2, 0) is 22.6 Å². The van der Waals surface area contributed by atoms with E-state index in [-0.39, 0.29) is 24.9 Å². The molecule has 4 rings (SSSR count). The normalized spacial score (nSPS) is 12.2. The molecule has 210 valence electrons. The number of fused-ring (bicyclic) bond motifs is 1. The van der Waals surface area contributed by atoms with Crippen molar-refractivity contribution in [3.63, 3.8) is 0 Å². The summed E-state index contributed by atoms with van der Waals surface area (Å²) in [6.45, 7) is 7.96. The SMILES string of the molecule is COc1cccc([C@@H](C(=O)NC(C)(C)C)N(CCc2cccc(C)c2)C(=O)Cn2nnc3ccccc32)c1OC. The lowest BCUT2D eigenvalue weighted by atomic mass is 9.99. The number of hydrogen-bond acceptors (Lipinski definition) is 6. The second-order valence-corrected chi connectivity index (χ2v) is 10.8. The molecule has 3 aromatic carbocycles. The van der Waals surface area contributed by atoms with Crippen molar-refractivity contribution in [3.8, 4) is 11.5 Å². The molecule has 0 unspecified atom stereocenters. The van der Waals surface area contributed by atoms with Gasteiger partial charge in [0.1, 0.15) is 18.1 Å². The molecule has 0 saturated heterocycles. The molecule has 1 atom stereocenters. The molecule has 0 aliphatic heterocycles. The van der Waals surface area contributed by atoms with E-state index >= 15 is 0 Å². The standard InChI is InChI=1S/C31H37N5O4/c1-21-11-9-12-22(19-21)17-18-35(27(37)20-36-25-15-8-7-14-24(25)33-34-36)28(30(38)32-31(2,3)4)23-13-10-16-26(39-5)29(23)40-6/h7-16,19,28H,17-18,20H2,1-6H3,(H,32,38)/t28-/m0/s1. The van der Waals surface area contributed by atoms with Gasteiger partial charge in [0.15, 0.2) is 11.5 Å². The number of hydrogen-bond donors (Lipinski definition) is 1. The topological polar surface area (TPSA) is 98.6 Å². The Morgan fingerprint density at radius 3 is 2.45 bits per heavy atom. The van der Waals surface area contributed by atoms with E-state index in [9.17, 15) is 9.59 Å². The zero-order chi connectivity index (χ0) is 28.9. The van der Waals surface area contributed by atoms with E-state index in [4.69, 9.17) is 9.47 Å². The van der Waals surface area contributed by atoms with E-state index in [1.807, 2.05) is 70.2 Å². The van der Waals surface area contributed by atoms with E-state index in [1.54, 1.807) is 34.9 Å². The smallest absolute Gasteiger partial charge is 0.247 e. The van der Waals surface area contributed by atoms with Gasteiger partial charge in [0.2, 0.25) is 11.8 Å². The molecule has 0 bridgehead atoms. The molecule has 0 fully saturated rings. The Bertz CT molecular complexity index is 1490. The lowest BCUT2D eigenvalue weighted by Gasteiger charge is -2.34. The Morgan fingerprint density at radius 1 is 1.00 bits per heavy atom. The van der Waals surface area contributed by atoms with Gasteiger partial charge in [-0.1, -0.05) is 59.3 Å². The summed E-state index contributed by atoms with van der Waals surface area (Å²) in [6.07, 6.45) is 0.553. The highest BCUT2D eigenvalue weighted by atomic mass is 16.5. The van der Waals surface area contributed by atoms with Crippen molar-refractivity contribution in [2.45, 2.75) is 52.2 Å². The predicted octanol–water partition coefficient (Wildman–Crippen LogP) is 4.48. The second kappa shape index (κ2) is 12.2. The number of benzene rings is 3. The summed E-state index contributed by atoms with van der Waals surface area (Å²) in [5.74, 6) is 0.280. The highest BCUT2D eigenvalue weighted by Gasteiger charge is 2.36. The summed E-state index contributed by atoms with van der Waals surface area (Å²) in [5.41, 5.74) is 3.62. The summed E-state index contributed by atoms with van der Waals surface area (Å²) < 4.78 is 12.8. The molecule has 0 aliphatic carbocycles. The lowest BCUT2D eigenvalue weighted by molar-refractivity contribution is -0.142. The van der Waals surface area contributed by atoms with Crippen LogP contribution >= 0.6 is 0 Å². The number of carbonyl (C=O) groups excluding carboxylic acids is 2. The van der Waals surface area contributed by atoms with Crippen LogP contribution in [0.5, 0.6) is 11.5 Å². The number of rotatable bonds is 10. The van der Waals surface area contributed by atoms with Crippen molar-refractivity contribution in [2.24, 2.45) is 0 Å². The second-order valence-electron chi connectivity index (χ2n) is 10.8. The molecule has 0 aliphatic rings. The van der Waals surface area contributed by atoms with Crippen LogP contribution in [0.3, 0.4) is 0 Å². The Morgan fingerprint density at radius 2 is 1.75 bits per heavy atom. The maximum absolute atomic E-state index is 14.2. The fourth-order valence-electron chi connectivity index (χ4n) is 4.78. The van der Waals surface area contributed by atoms with Crippen LogP contribution in [-0.4, -0.2) is 58.0 Å². The van der Waals surface area contributed by atoms with Gasteiger partial charge < -0.3 is 19.7 Å². The van der Waals surface area contributed by atoms with Gasteiger partial charge in [-0.05, 0) is 57.9 Å². The molecular weight excluding hydrogens is 506 g/mol. The van der Waals surface area contributed by atoms with E-state index in [2.05, 4.69) is 21.7 Å². The summed E-state index contributed by atoms with van der Waals surface area (Å²) in [6, 6.07) is 20.0. The van der Waals surface area contributed by atoms with E-state index in [1.165, 1.54) is 7.11 Å². The monoisotopic (exact) mass is 543 g/mol. The van der Waals surface area contributed by atoms with Crippen molar-refractivity contribution in [1.82, 2.24) is 25.2 Å². The van der Waals surface area contributed by atoms with Crippen molar-refractivity contribution in [2.75, 3.05) is 20.8 Å². The van der Waals surface area contributed by atoms with Gasteiger partial charge >= 0.3 is 0 Å². The number of amides is 2. The van der Waals surface area contributed by atoms with Gasteiger partial charge in [-0.15, -0.1) is 5.10 Å².